The molecule has 1 unspecified atom stereocenters. The SMILES string of the molecule is CCCC(C)N1C/C=C\CCC(=O)NC[C@@H](C)OC(=O)[C@@H]2[C@@H]3C=C[C@]4(O3)[C@H](C1=O)N(CCCCO)C(=O)[C@@H]24. The van der Waals surface area contributed by atoms with E-state index in [1.165, 1.54) is 0 Å². The van der Waals surface area contributed by atoms with Crippen molar-refractivity contribution in [3.05, 3.63) is 24.3 Å². The zero-order valence-electron chi connectivity index (χ0n) is 22.6. The number of amides is 3. The molecule has 0 aromatic carbocycles. The normalized spacial score (nSPS) is 35.3. The summed E-state index contributed by atoms with van der Waals surface area (Å²) in [6, 6.07) is -1.00. The third-order valence-electron chi connectivity index (χ3n) is 8.12. The summed E-state index contributed by atoms with van der Waals surface area (Å²) in [5.74, 6) is -2.97. The molecule has 0 aliphatic carbocycles. The molecule has 2 fully saturated rings. The van der Waals surface area contributed by atoms with Crippen LogP contribution < -0.4 is 5.32 Å². The number of fused-ring (bicyclic) bond motifs is 2. The van der Waals surface area contributed by atoms with Crippen LogP contribution in [0.15, 0.2) is 24.3 Å². The van der Waals surface area contributed by atoms with Crippen LogP contribution in [0.1, 0.15) is 59.3 Å². The number of hydrogen-bond donors (Lipinski definition) is 2. The predicted octanol–water partition coefficient (Wildman–Crippen LogP) is 1.32. The van der Waals surface area contributed by atoms with Crippen molar-refractivity contribution in [1.82, 2.24) is 15.1 Å². The molecular weight excluding hydrogens is 490 g/mol. The molecule has 1 spiro atoms. The molecule has 4 aliphatic rings. The van der Waals surface area contributed by atoms with Crippen LogP contribution in [0.4, 0.5) is 0 Å². The van der Waals surface area contributed by atoms with E-state index in [-0.39, 0.29) is 43.5 Å². The summed E-state index contributed by atoms with van der Waals surface area (Å²) in [5, 5.41) is 12.1. The zero-order chi connectivity index (χ0) is 27.4. The number of esters is 1. The summed E-state index contributed by atoms with van der Waals surface area (Å²) in [6.45, 7) is 6.54. The van der Waals surface area contributed by atoms with Gasteiger partial charge in [-0.05, 0) is 39.5 Å². The van der Waals surface area contributed by atoms with Crippen molar-refractivity contribution in [2.75, 3.05) is 26.2 Å². The number of ether oxygens (including phenoxy) is 2. The molecule has 7 atom stereocenters. The van der Waals surface area contributed by atoms with Crippen molar-refractivity contribution in [2.45, 2.75) is 89.2 Å². The number of unbranched alkanes of at least 4 members (excludes halogenated alkanes) is 1. The molecule has 0 radical (unpaired) electrons. The van der Waals surface area contributed by atoms with Gasteiger partial charge in [-0.1, -0.05) is 37.6 Å². The summed E-state index contributed by atoms with van der Waals surface area (Å²) >= 11 is 0. The smallest absolute Gasteiger partial charge is 0.313 e. The van der Waals surface area contributed by atoms with Gasteiger partial charge in [0.2, 0.25) is 17.7 Å². The van der Waals surface area contributed by atoms with Gasteiger partial charge in [0.25, 0.3) is 0 Å². The largest absolute Gasteiger partial charge is 0.460 e. The lowest BCUT2D eigenvalue weighted by atomic mass is 9.74. The molecule has 10 nitrogen and oxygen atoms in total. The van der Waals surface area contributed by atoms with Crippen LogP contribution in [0.2, 0.25) is 0 Å². The minimum atomic E-state index is -1.25. The Balaban J connectivity index is 1.74. The molecule has 38 heavy (non-hydrogen) atoms. The standard InChI is InChI=1S/C28H41N3O7/c1-4-10-18(2)30-14-7-5-6-11-21(33)29-17-19(3)37-27(36)22-20-12-13-28(38-20)23(22)25(34)31(15-8-9-16-32)24(28)26(30)35/h5,7,12-13,18-20,22-24,32H,4,6,8-11,14-17H2,1-3H3,(H,29,33)/b7-5-/t18?,19-,20+,22-,23-,24+,28-/m1/s1. The van der Waals surface area contributed by atoms with Gasteiger partial charge in [0.1, 0.15) is 23.7 Å². The third kappa shape index (κ3) is 5.25. The van der Waals surface area contributed by atoms with E-state index < -0.39 is 41.7 Å². The summed E-state index contributed by atoms with van der Waals surface area (Å²) in [5.41, 5.74) is -1.25. The van der Waals surface area contributed by atoms with Crippen LogP contribution in [-0.4, -0.2) is 94.7 Å². The Bertz CT molecular complexity index is 981. The average Bonchev–Trinajstić information content (AvgIpc) is 3.52. The summed E-state index contributed by atoms with van der Waals surface area (Å²) in [7, 11) is 0. The van der Waals surface area contributed by atoms with Crippen molar-refractivity contribution in [3.8, 4) is 0 Å². The van der Waals surface area contributed by atoms with Crippen LogP contribution in [0.5, 0.6) is 0 Å². The van der Waals surface area contributed by atoms with Gasteiger partial charge < -0.3 is 29.7 Å². The number of allylic oxidation sites excluding steroid dienone is 1. The fraction of sp³-hybridized carbons (Fsp3) is 0.714. The lowest BCUT2D eigenvalue weighted by Crippen LogP contribution is -2.57. The van der Waals surface area contributed by atoms with Crippen molar-refractivity contribution in [1.29, 1.82) is 0 Å². The molecule has 3 amide bonds. The molecule has 2 saturated heterocycles. The first-order valence-electron chi connectivity index (χ1n) is 14.0. The van der Waals surface area contributed by atoms with Crippen LogP contribution in [0, 0.1) is 11.8 Å². The monoisotopic (exact) mass is 531 g/mol. The second kappa shape index (κ2) is 12.0. The highest BCUT2D eigenvalue weighted by Gasteiger charge is 2.73. The van der Waals surface area contributed by atoms with E-state index in [1.54, 1.807) is 28.9 Å². The second-order valence-corrected chi connectivity index (χ2v) is 10.9. The van der Waals surface area contributed by atoms with E-state index in [1.807, 2.05) is 19.1 Å². The van der Waals surface area contributed by atoms with Crippen molar-refractivity contribution in [2.24, 2.45) is 11.8 Å². The summed E-state index contributed by atoms with van der Waals surface area (Å²) in [6.07, 6.45) is 9.62. The molecule has 2 N–H and O–H groups in total. The van der Waals surface area contributed by atoms with Gasteiger partial charge >= 0.3 is 5.97 Å². The number of nitrogens with zero attached hydrogens (tertiary/aromatic N) is 2. The molecule has 4 aliphatic heterocycles. The zero-order valence-corrected chi connectivity index (χ0v) is 22.6. The molecule has 5 bridgehead atoms. The highest BCUT2D eigenvalue weighted by molar-refractivity contribution is 5.99. The maximum Gasteiger partial charge on any atom is 0.313 e. The predicted molar refractivity (Wildman–Crippen MR) is 139 cm³/mol. The first-order valence-corrected chi connectivity index (χ1v) is 14.0. The van der Waals surface area contributed by atoms with Gasteiger partial charge in [-0.15, -0.1) is 0 Å². The molecule has 4 heterocycles. The molecule has 10 heteroatoms. The Kier molecular flexibility index (Phi) is 8.92. The fourth-order valence-corrected chi connectivity index (χ4v) is 6.25. The number of cyclic esters (lactones) is 1. The van der Waals surface area contributed by atoms with Gasteiger partial charge in [-0.2, -0.15) is 0 Å². The van der Waals surface area contributed by atoms with E-state index >= 15 is 0 Å². The number of likely N-dealkylation sites (tertiary alicyclic amines) is 1. The Labute approximate surface area is 224 Å². The van der Waals surface area contributed by atoms with E-state index in [4.69, 9.17) is 9.47 Å². The van der Waals surface area contributed by atoms with E-state index in [2.05, 4.69) is 12.2 Å². The van der Waals surface area contributed by atoms with Crippen LogP contribution in [0.3, 0.4) is 0 Å². The number of aliphatic hydroxyl groups is 1. The highest BCUT2D eigenvalue weighted by Crippen LogP contribution is 2.55. The van der Waals surface area contributed by atoms with Crippen LogP contribution in [0.25, 0.3) is 0 Å². The topological polar surface area (TPSA) is 125 Å². The number of hydrogen-bond acceptors (Lipinski definition) is 7. The minimum Gasteiger partial charge on any atom is -0.460 e. The van der Waals surface area contributed by atoms with Gasteiger partial charge in [-0.25, -0.2) is 0 Å². The van der Waals surface area contributed by atoms with Gasteiger partial charge in [0, 0.05) is 32.2 Å². The Morgan fingerprint density at radius 3 is 2.71 bits per heavy atom. The van der Waals surface area contributed by atoms with Crippen LogP contribution >= 0.6 is 0 Å². The molecule has 0 saturated carbocycles. The third-order valence-corrected chi connectivity index (χ3v) is 8.12. The highest BCUT2D eigenvalue weighted by atomic mass is 16.6. The Hall–Kier alpha value is -2.72. The second-order valence-electron chi connectivity index (χ2n) is 10.9. The molecular formula is C28H41N3O7. The van der Waals surface area contributed by atoms with E-state index in [9.17, 15) is 24.3 Å². The van der Waals surface area contributed by atoms with E-state index in [0.717, 1.165) is 12.8 Å². The Morgan fingerprint density at radius 2 is 1.97 bits per heavy atom. The molecule has 210 valence electrons. The number of aliphatic hydroxyl groups excluding tert-OH is 1. The quantitative estimate of drug-likeness (QED) is 0.288. The number of carbonyl (C=O) groups is 4. The van der Waals surface area contributed by atoms with Crippen molar-refractivity contribution >= 4 is 23.7 Å². The van der Waals surface area contributed by atoms with Crippen molar-refractivity contribution < 1.29 is 33.8 Å². The maximum atomic E-state index is 14.4. The lowest BCUT2D eigenvalue weighted by molar-refractivity contribution is -0.158. The molecule has 0 aromatic rings. The van der Waals surface area contributed by atoms with Gasteiger partial charge in [0.15, 0.2) is 0 Å². The first-order chi connectivity index (χ1) is 18.2. The first kappa shape index (κ1) is 28.3. The summed E-state index contributed by atoms with van der Waals surface area (Å²) in [4.78, 5) is 57.3. The number of nitrogens with one attached hydrogen (secondary N) is 1. The van der Waals surface area contributed by atoms with Gasteiger partial charge in [-0.3, -0.25) is 19.2 Å². The summed E-state index contributed by atoms with van der Waals surface area (Å²) < 4.78 is 12.1. The number of carbonyl (C=O) groups excluding carboxylic acids is 4. The number of rotatable bonds is 7. The molecule has 0 aromatic heterocycles. The lowest BCUT2D eigenvalue weighted by Gasteiger charge is -2.38. The minimum absolute atomic E-state index is 0.0124. The van der Waals surface area contributed by atoms with Crippen LogP contribution in [-0.2, 0) is 28.7 Å². The van der Waals surface area contributed by atoms with Crippen molar-refractivity contribution in [3.63, 3.8) is 0 Å². The maximum absolute atomic E-state index is 14.4. The van der Waals surface area contributed by atoms with E-state index in [0.29, 0.717) is 32.2 Å². The van der Waals surface area contributed by atoms with Gasteiger partial charge in [0.05, 0.1) is 18.6 Å². The average molecular weight is 532 g/mol. The Morgan fingerprint density at radius 1 is 1.18 bits per heavy atom. The molecule has 4 rings (SSSR count). The fourth-order valence-electron chi connectivity index (χ4n) is 6.25.